The lowest BCUT2D eigenvalue weighted by molar-refractivity contribution is 0.0671. The minimum atomic E-state index is 0. The zero-order chi connectivity index (χ0) is 15.5. The number of carbonyl (C=O) groups excluding carboxylic acids is 1. The second kappa shape index (κ2) is 8.36. The SMILES string of the molecule is COc1cc(Br)ccc1C(=O)N1CCC(C2CCCN2)CC1.Cl. The van der Waals surface area contributed by atoms with Gasteiger partial charge in [0.05, 0.1) is 12.7 Å². The third-order valence-electron chi connectivity index (χ3n) is 4.89. The molecule has 2 fully saturated rings. The predicted molar refractivity (Wildman–Crippen MR) is 97.6 cm³/mol. The molecule has 4 nitrogen and oxygen atoms in total. The van der Waals surface area contributed by atoms with Crippen molar-refractivity contribution in [1.82, 2.24) is 10.2 Å². The monoisotopic (exact) mass is 402 g/mol. The molecule has 128 valence electrons. The van der Waals surface area contributed by atoms with Crippen molar-refractivity contribution < 1.29 is 9.53 Å². The molecule has 0 radical (unpaired) electrons. The summed E-state index contributed by atoms with van der Waals surface area (Å²) in [6, 6.07) is 6.25. The highest BCUT2D eigenvalue weighted by atomic mass is 79.9. The van der Waals surface area contributed by atoms with Crippen LogP contribution in [0.1, 0.15) is 36.0 Å². The number of amides is 1. The van der Waals surface area contributed by atoms with Crippen LogP contribution in [-0.2, 0) is 0 Å². The van der Waals surface area contributed by atoms with E-state index in [1.165, 1.54) is 12.8 Å². The molecule has 1 unspecified atom stereocenters. The van der Waals surface area contributed by atoms with E-state index in [1.54, 1.807) is 7.11 Å². The number of nitrogens with zero attached hydrogens (tertiary/aromatic N) is 1. The first-order valence-electron chi connectivity index (χ1n) is 8.05. The molecular weight excluding hydrogens is 380 g/mol. The number of hydrogen-bond acceptors (Lipinski definition) is 3. The van der Waals surface area contributed by atoms with E-state index in [0.717, 1.165) is 42.9 Å². The lowest BCUT2D eigenvalue weighted by Gasteiger charge is -2.35. The quantitative estimate of drug-likeness (QED) is 0.840. The van der Waals surface area contributed by atoms with Crippen molar-refractivity contribution in [3.05, 3.63) is 28.2 Å². The van der Waals surface area contributed by atoms with Gasteiger partial charge < -0.3 is 15.0 Å². The number of carbonyl (C=O) groups is 1. The maximum atomic E-state index is 12.7. The molecule has 0 aliphatic carbocycles. The minimum absolute atomic E-state index is 0. The largest absolute Gasteiger partial charge is 0.496 e. The van der Waals surface area contributed by atoms with Gasteiger partial charge in [-0.05, 0) is 56.3 Å². The average molecular weight is 404 g/mol. The molecule has 1 aromatic rings. The summed E-state index contributed by atoms with van der Waals surface area (Å²) >= 11 is 3.42. The van der Waals surface area contributed by atoms with E-state index in [4.69, 9.17) is 4.74 Å². The van der Waals surface area contributed by atoms with Crippen LogP contribution >= 0.6 is 28.3 Å². The number of hydrogen-bond donors (Lipinski definition) is 1. The van der Waals surface area contributed by atoms with Crippen molar-refractivity contribution in [3.63, 3.8) is 0 Å². The number of benzene rings is 1. The number of methoxy groups -OCH3 is 1. The van der Waals surface area contributed by atoms with Crippen molar-refractivity contribution in [3.8, 4) is 5.75 Å². The predicted octanol–water partition coefficient (Wildman–Crippen LogP) is 3.48. The van der Waals surface area contributed by atoms with Crippen LogP contribution < -0.4 is 10.1 Å². The molecule has 0 bridgehead atoms. The highest BCUT2D eigenvalue weighted by molar-refractivity contribution is 9.10. The van der Waals surface area contributed by atoms with Gasteiger partial charge in [-0.3, -0.25) is 4.79 Å². The summed E-state index contributed by atoms with van der Waals surface area (Å²) in [5.41, 5.74) is 0.656. The van der Waals surface area contributed by atoms with Crippen molar-refractivity contribution in [2.45, 2.75) is 31.7 Å². The number of halogens is 2. The molecule has 2 aliphatic heterocycles. The lowest BCUT2D eigenvalue weighted by Crippen LogP contribution is -2.43. The molecule has 0 spiro atoms. The lowest BCUT2D eigenvalue weighted by atomic mass is 9.88. The van der Waals surface area contributed by atoms with E-state index >= 15 is 0 Å². The van der Waals surface area contributed by atoms with Gasteiger partial charge >= 0.3 is 0 Å². The average Bonchev–Trinajstić information content (AvgIpc) is 3.08. The minimum Gasteiger partial charge on any atom is -0.496 e. The van der Waals surface area contributed by atoms with Crippen LogP contribution in [0.4, 0.5) is 0 Å². The summed E-state index contributed by atoms with van der Waals surface area (Å²) in [6.07, 6.45) is 4.78. The van der Waals surface area contributed by atoms with Crippen molar-refractivity contribution in [2.75, 3.05) is 26.7 Å². The van der Waals surface area contributed by atoms with Gasteiger partial charge in [0, 0.05) is 23.6 Å². The van der Waals surface area contributed by atoms with Gasteiger partial charge in [-0.15, -0.1) is 12.4 Å². The van der Waals surface area contributed by atoms with Gasteiger partial charge in [-0.25, -0.2) is 0 Å². The Morgan fingerprint density at radius 3 is 2.65 bits per heavy atom. The molecule has 6 heteroatoms. The topological polar surface area (TPSA) is 41.6 Å². The molecule has 0 aromatic heterocycles. The highest BCUT2D eigenvalue weighted by Gasteiger charge is 2.30. The Kier molecular flexibility index (Phi) is 6.74. The molecule has 0 saturated carbocycles. The standard InChI is InChI=1S/C17H23BrN2O2.ClH/c1-22-16-11-13(18)4-5-14(16)17(21)20-9-6-12(7-10-20)15-3-2-8-19-15;/h4-5,11-12,15,19H,2-3,6-10H2,1H3;1H. The van der Waals surface area contributed by atoms with Crippen LogP contribution in [0.5, 0.6) is 5.75 Å². The van der Waals surface area contributed by atoms with E-state index in [2.05, 4.69) is 21.2 Å². The first-order chi connectivity index (χ1) is 10.7. The summed E-state index contributed by atoms with van der Waals surface area (Å²) in [7, 11) is 1.61. The van der Waals surface area contributed by atoms with Crippen LogP contribution in [0.3, 0.4) is 0 Å². The van der Waals surface area contributed by atoms with Crippen LogP contribution in [0.25, 0.3) is 0 Å². The van der Waals surface area contributed by atoms with Crippen molar-refractivity contribution in [1.29, 1.82) is 0 Å². The molecule has 1 atom stereocenters. The molecule has 2 saturated heterocycles. The molecular formula is C17H24BrClN2O2. The van der Waals surface area contributed by atoms with E-state index in [1.807, 2.05) is 23.1 Å². The van der Waals surface area contributed by atoms with Crippen molar-refractivity contribution >= 4 is 34.2 Å². The molecule has 2 heterocycles. The summed E-state index contributed by atoms with van der Waals surface area (Å²) in [4.78, 5) is 14.7. The Morgan fingerprint density at radius 1 is 1.30 bits per heavy atom. The molecule has 1 N–H and O–H groups in total. The number of likely N-dealkylation sites (tertiary alicyclic amines) is 1. The van der Waals surface area contributed by atoms with E-state index in [9.17, 15) is 4.79 Å². The van der Waals surface area contributed by atoms with Gasteiger partial charge in [0.2, 0.25) is 0 Å². The third kappa shape index (κ3) is 4.20. The van der Waals surface area contributed by atoms with Gasteiger partial charge in [0.25, 0.3) is 5.91 Å². The Hall–Kier alpha value is -0.780. The second-order valence-electron chi connectivity index (χ2n) is 6.18. The maximum absolute atomic E-state index is 12.7. The number of rotatable bonds is 3. The van der Waals surface area contributed by atoms with Crippen LogP contribution in [0, 0.1) is 5.92 Å². The van der Waals surface area contributed by atoms with Gasteiger partial charge in [-0.1, -0.05) is 15.9 Å². The fraction of sp³-hybridized carbons (Fsp3) is 0.588. The van der Waals surface area contributed by atoms with E-state index in [-0.39, 0.29) is 18.3 Å². The smallest absolute Gasteiger partial charge is 0.257 e. The Balaban J connectivity index is 0.00000192. The van der Waals surface area contributed by atoms with E-state index < -0.39 is 0 Å². The third-order valence-corrected chi connectivity index (χ3v) is 5.38. The zero-order valence-electron chi connectivity index (χ0n) is 13.4. The van der Waals surface area contributed by atoms with E-state index in [0.29, 0.717) is 17.4 Å². The molecule has 2 aliphatic rings. The van der Waals surface area contributed by atoms with Gasteiger partial charge in [0.15, 0.2) is 0 Å². The molecule has 1 aromatic carbocycles. The fourth-order valence-corrected chi connectivity index (χ4v) is 3.97. The van der Waals surface area contributed by atoms with Crippen LogP contribution in [-0.4, -0.2) is 43.6 Å². The summed E-state index contributed by atoms with van der Waals surface area (Å²) in [5, 5.41) is 3.60. The Labute approximate surface area is 152 Å². The van der Waals surface area contributed by atoms with Gasteiger partial charge in [-0.2, -0.15) is 0 Å². The molecule has 3 rings (SSSR count). The summed E-state index contributed by atoms with van der Waals surface area (Å²) < 4.78 is 6.28. The first-order valence-corrected chi connectivity index (χ1v) is 8.84. The number of ether oxygens (including phenoxy) is 1. The number of nitrogens with one attached hydrogen (secondary N) is 1. The van der Waals surface area contributed by atoms with Crippen LogP contribution in [0.15, 0.2) is 22.7 Å². The zero-order valence-corrected chi connectivity index (χ0v) is 15.8. The Bertz CT molecular complexity index is 541. The highest BCUT2D eigenvalue weighted by Crippen LogP contribution is 2.29. The molecule has 1 amide bonds. The fourth-order valence-electron chi connectivity index (χ4n) is 3.63. The molecule has 23 heavy (non-hydrogen) atoms. The van der Waals surface area contributed by atoms with Crippen LogP contribution in [0.2, 0.25) is 0 Å². The van der Waals surface area contributed by atoms with Crippen molar-refractivity contribution in [2.24, 2.45) is 5.92 Å². The van der Waals surface area contributed by atoms with Gasteiger partial charge in [0.1, 0.15) is 5.75 Å². The first kappa shape index (κ1) is 18.6. The second-order valence-corrected chi connectivity index (χ2v) is 7.09. The Morgan fingerprint density at radius 2 is 2.04 bits per heavy atom. The normalized spacial score (nSPS) is 21.8. The number of piperidine rings is 1. The maximum Gasteiger partial charge on any atom is 0.257 e. The summed E-state index contributed by atoms with van der Waals surface area (Å²) in [6.45, 7) is 2.85. The summed E-state index contributed by atoms with van der Waals surface area (Å²) in [5.74, 6) is 1.44.